The monoisotopic (exact) mass is 325 g/mol. The fourth-order valence-corrected chi connectivity index (χ4v) is 2.14. The highest BCUT2D eigenvalue weighted by Crippen LogP contribution is 2.31. The van der Waals surface area contributed by atoms with Gasteiger partial charge in [-0.2, -0.15) is 0 Å². The maximum Gasteiger partial charge on any atom is 0.282 e. The minimum absolute atomic E-state index is 0.363. The minimum Gasteiger partial charge on any atom is -0.354 e. The van der Waals surface area contributed by atoms with Crippen molar-refractivity contribution in [2.45, 2.75) is 6.43 Å². The molecule has 3 aromatic rings. The van der Waals surface area contributed by atoms with Crippen LogP contribution in [-0.4, -0.2) is 15.4 Å². The zero-order valence-electron chi connectivity index (χ0n) is 9.35. The zero-order valence-corrected chi connectivity index (χ0v) is 10.9. The van der Waals surface area contributed by atoms with Crippen molar-refractivity contribution >= 4 is 26.9 Å². The van der Waals surface area contributed by atoms with E-state index < -0.39 is 6.43 Å². The van der Waals surface area contributed by atoms with Crippen LogP contribution in [0, 0.1) is 0 Å². The van der Waals surface area contributed by atoms with Gasteiger partial charge in [-0.3, -0.25) is 0 Å². The summed E-state index contributed by atoms with van der Waals surface area (Å²) >= 11 is 3.34. The number of rotatable bonds is 2. The van der Waals surface area contributed by atoms with Crippen LogP contribution in [0.4, 0.5) is 8.78 Å². The van der Waals surface area contributed by atoms with E-state index in [9.17, 15) is 8.78 Å². The number of para-hydroxylation sites is 1. The van der Waals surface area contributed by atoms with E-state index >= 15 is 0 Å². The molecule has 2 heterocycles. The summed E-state index contributed by atoms with van der Waals surface area (Å²) in [6, 6.07) is 8.14. The molecule has 0 N–H and O–H groups in total. The summed E-state index contributed by atoms with van der Waals surface area (Å²) in [4.78, 5) is 0. The second-order valence-corrected chi connectivity index (χ2v) is 4.65. The number of fused-ring (bicyclic) bond motifs is 1. The molecule has 0 amide bonds. The maximum absolute atomic E-state index is 12.4. The fraction of sp³-hybridized carbons (Fsp3) is 0.0833. The molecule has 0 aliphatic carbocycles. The number of hydrogen-bond donors (Lipinski definition) is 0. The van der Waals surface area contributed by atoms with Crippen molar-refractivity contribution in [3.8, 4) is 11.4 Å². The molecule has 96 valence electrons. The lowest BCUT2D eigenvalue weighted by atomic mass is 10.1. The minimum atomic E-state index is -2.63. The first-order valence-corrected chi connectivity index (χ1v) is 6.12. The van der Waals surface area contributed by atoms with E-state index in [-0.39, 0.29) is 5.69 Å². The average molecular weight is 326 g/mol. The van der Waals surface area contributed by atoms with Crippen molar-refractivity contribution in [2.75, 3.05) is 0 Å². The molecule has 0 fully saturated rings. The molecule has 0 aliphatic heterocycles. The van der Waals surface area contributed by atoms with Crippen LogP contribution in [0.15, 0.2) is 39.3 Å². The van der Waals surface area contributed by atoms with E-state index in [0.29, 0.717) is 17.0 Å². The van der Waals surface area contributed by atoms with Crippen molar-refractivity contribution in [2.24, 2.45) is 0 Å². The van der Waals surface area contributed by atoms with Gasteiger partial charge in [0, 0.05) is 0 Å². The van der Waals surface area contributed by atoms with Crippen LogP contribution in [0.5, 0.6) is 0 Å². The molecule has 7 heteroatoms. The van der Waals surface area contributed by atoms with Gasteiger partial charge in [-0.25, -0.2) is 8.78 Å². The predicted molar refractivity (Wildman–Crippen MR) is 67.7 cm³/mol. The van der Waals surface area contributed by atoms with Gasteiger partial charge in [-0.1, -0.05) is 11.2 Å². The number of benzene rings is 1. The number of aromatic nitrogens is 3. The summed E-state index contributed by atoms with van der Waals surface area (Å²) in [5.41, 5.74) is 1.08. The quantitative estimate of drug-likeness (QED) is 0.715. The van der Waals surface area contributed by atoms with Gasteiger partial charge in [0.1, 0.15) is 17.1 Å². The van der Waals surface area contributed by atoms with Crippen LogP contribution >= 0.6 is 15.9 Å². The zero-order chi connectivity index (χ0) is 13.4. The van der Waals surface area contributed by atoms with E-state index in [1.165, 1.54) is 12.1 Å². The number of nitrogens with zero attached hydrogens (tertiary/aromatic N) is 3. The standard InChI is InChI=1S/C12H6BrF2N3O/c13-7-3-1-2-6-10(18-19-11(6)7)8-4-5-9(12(14)15)17-16-8/h1-5,12H. The van der Waals surface area contributed by atoms with Crippen LogP contribution in [0.3, 0.4) is 0 Å². The van der Waals surface area contributed by atoms with E-state index in [4.69, 9.17) is 4.52 Å². The molecule has 0 saturated heterocycles. The number of halogens is 3. The van der Waals surface area contributed by atoms with Gasteiger partial charge < -0.3 is 4.52 Å². The lowest BCUT2D eigenvalue weighted by molar-refractivity contribution is 0.145. The van der Waals surface area contributed by atoms with Crippen LogP contribution in [-0.2, 0) is 0 Å². The maximum atomic E-state index is 12.4. The first-order chi connectivity index (χ1) is 9.16. The van der Waals surface area contributed by atoms with Crippen LogP contribution in [0.1, 0.15) is 12.1 Å². The topological polar surface area (TPSA) is 51.8 Å². The molecule has 0 bridgehead atoms. The van der Waals surface area contributed by atoms with Gasteiger partial charge in [-0.05, 0) is 40.2 Å². The van der Waals surface area contributed by atoms with E-state index in [2.05, 4.69) is 31.3 Å². The highest BCUT2D eigenvalue weighted by molar-refractivity contribution is 9.10. The Hall–Kier alpha value is -1.89. The van der Waals surface area contributed by atoms with Gasteiger partial charge in [0.15, 0.2) is 5.58 Å². The lowest BCUT2D eigenvalue weighted by Gasteiger charge is -1.98. The summed E-state index contributed by atoms with van der Waals surface area (Å²) in [5, 5.41) is 11.9. The van der Waals surface area contributed by atoms with Crippen molar-refractivity contribution in [1.82, 2.24) is 15.4 Å². The summed E-state index contributed by atoms with van der Waals surface area (Å²) in [6.45, 7) is 0. The molecule has 0 atom stereocenters. The van der Waals surface area contributed by atoms with Gasteiger partial charge in [0.05, 0.1) is 9.86 Å². The van der Waals surface area contributed by atoms with E-state index in [0.717, 1.165) is 9.86 Å². The summed E-state index contributed by atoms with van der Waals surface area (Å²) in [6.07, 6.45) is -2.63. The molecule has 0 radical (unpaired) electrons. The lowest BCUT2D eigenvalue weighted by Crippen LogP contribution is -1.94. The molecular formula is C12H6BrF2N3O. The van der Waals surface area contributed by atoms with Gasteiger partial charge in [0.25, 0.3) is 6.43 Å². The molecule has 0 unspecified atom stereocenters. The summed E-state index contributed by atoms with van der Waals surface area (Å²) in [7, 11) is 0. The van der Waals surface area contributed by atoms with Crippen molar-refractivity contribution in [1.29, 1.82) is 0 Å². The molecule has 0 spiro atoms. The SMILES string of the molecule is FC(F)c1ccc(-c2noc3c(Br)cccc23)nn1. The smallest absolute Gasteiger partial charge is 0.282 e. The Labute approximate surface area is 114 Å². The third kappa shape index (κ3) is 2.10. The molecular weight excluding hydrogens is 320 g/mol. The van der Waals surface area contributed by atoms with Crippen molar-refractivity contribution in [3.63, 3.8) is 0 Å². The first-order valence-electron chi connectivity index (χ1n) is 5.33. The first kappa shape index (κ1) is 12.2. The molecule has 3 rings (SSSR count). The third-order valence-electron chi connectivity index (χ3n) is 2.60. The second kappa shape index (κ2) is 4.65. The van der Waals surface area contributed by atoms with Crippen molar-refractivity contribution < 1.29 is 13.3 Å². The van der Waals surface area contributed by atoms with E-state index in [1.807, 2.05) is 18.2 Å². The Balaban J connectivity index is 2.11. The molecule has 1 aromatic carbocycles. The number of alkyl halides is 2. The van der Waals surface area contributed by atoms with Crippen LogP contribution in [0.25, 0.3) is 22.4 Å². The normalized spacial score (nSPS) is 11.4. The largest absolute Gasteiger partial charge is 0.354 e. The second-order valence-electron chi connectivity index (χ2n) is 3.79. The summed E-state index contributed by atoms with van der Waals surface area (Å²) < 4.78 is 30.8. The Morgan fingerprint density at radius 1 is 1.11 bits per heavy atom. The van der Waals surface area contributed by atoms with Crippen LogP contribution in [0.2, 0.25) is 0 Å². The highest BCUT2D eigenvalue weighted by atomic mass is 79.9. The Morgan fingerprint density at radius 3 is 2.63 bits per heavy atom. The van der Waals surface area contributed by atoms with Gasteiger partial charge >= 0.3 is 0 Å². The Kier molecular flexibility index (Phi) is 2.98. The van der Waals surface area contributed by atoms with Gasteiger partial charge in [-0.15, -0.1) is 10.2 Å². The predicted octanol–water partition coefficient (Wildman–Crippen LogP) is 3.98. The van der Waals surface area contributed by atoms with Crippen molar-refractivity contribution in [3.05, 3.63) is 40.5 Å². The summed E-state index contributed by atoms with van der Waals surface area (Å²) in [5.74, 6) is 0. The molecule has 4 nitrogen and oxygen atoms in total. The molecule has 2 aromatic heterocycles. The van der Waals surface area contributed by atoms with E-state index in [1.54, 1.807) is 0 Å². The number of hydrogen-bond acceptors (Lipinski definition) is 4. The molecule has 19 heavy (non-hydrogen) atoms. The fourth-order valence-electron chi connectivity index (χ4n) is 1.70. The molecule has 0 saturated carbocycles. The van der Waals surface area contributed by atoms with Crippen LogP contribution < -0.4 is 0 Å². The van der Waals surface area contributed by atoms with Gasteiger partial charge in [0.2, 0.25) is 0 Å². The molecule has 0 aliphatic rings. The Morgan fingerprint density at radius 2 is 1.95 bits per heavy atom. The third-order valence-corrected chi connectivity index (χ3v) is 3.23. The Bertz CT molecular complexity index is 727. The average Bonchev–Trinajstić information content (AvgIpc) is 2.84. The highest BCUT2D eigenvalue weighted by Gasteiger charge is 2.15.